The summed E-state index contributed by atoms with van der Waals surface area (Å²) in [6.07, 6.45) is -0.376. The summed E-state index contributed by atoms with van der Waals surface area (Å²) in [7, 11) is -3.84. The maximum atomic E-state index is 11.9. The summed E-state index contributed by atoms with van der Waals surface area (Å²) in [4.78, 5) is 9.62. The molecular formula is C10H13ClN2O5S. The van der Waals surface area contributed by atoms with Crippen molar-refractivity contribution < 1.29 is 18.4 Å². The fourth-order valence-corrected chi connectivity index (χ4v) is 2.89. The summed E-state index contributed by atoms with van der Waals surface area (Å²) in [6, 6.07) is 3.12. The molecule has 9 heteroatoms. The van der Waals surface area contributed by atoms with Crippen LogP contribution in [0.3, 0.4) is 0 Å². The number of hydrogen-bond acceptors (Lipinski definition) is 5. The van der Waals surface area contributed by atoms with Gasteiger partial charge in [-0.05, 0) is 19.4 Å². The van der Waals surface area contributed by atoms with Gasteiger partial charge in [0.2, 0.25) is 10.0 Å². The maximum absolute atomic E-state index is 11.9. The Morgan fingerprint density at radius 3 is 2.63 bits per heavy atom. The molecule has 0 aliphatic carbocycles. The lowest BCUT2D eigenvalue weighted by Crippen LogP contribution is -2.27. The zero-order valence-electron chi connectivity index (χ0n) is 10.0. The number of non-ortho nitro benzene ring substituents is 1. The smallest absolute Gasteiger partial charge is 0.271 e. The fraction of sp³-hybridized carbons (Fsp3) is 0.400. The normalized spacial score (nSPS) is 13.2. The minimum Gasteiger partial charge on any atom is -0.393 e. The largest absolute Gasteiger partial charge is 0.393 e. The lowest BCUT2D eigenvalue weighted by molar-refractivity contribution is -0.384. The number of nitrogens with one attached hydrogen (secondary N) is 1. The van der Waals surface area contributed by atoms with E-state index in [1.165, 1.54) is 6.92 Å². The van der Waals surface area contributed by atoms with Crippen LogP contribution in [0.4, 0.5) is 5.69 Å². The molecule has 0 saturated heterocycles. The molecule has 1 unspecified atom stereocenters. The van der Waals surface area contributed by atoms with Gasteiger partial charge in [0, 0.05) is 18.7 Å². The first kappa shape index (κ1) is 15.8. The van der Waals surface area contributed by atoms with Crippen LogP contribution >= 0.6 is 11.6 Å². The second-order valence-electron chi connectivity index (χ2n) is 3.91. The molecule has 1 atom stereocenters. The standard InChI is InChI=1S/C10H13ClN2O5S/c1-7(14)4-5-12-19(17,18)10-3-2-8(13(15)16)6-9(10)11/h2-3,6-7,12,14H,4-5H2,1H3. The molecule has 0 bridgehead atoms. The van der Waals surface area contributed by atoms with Crippen LogP contribution in [0, 0.1) is 10.1 Å². The van der Waals surface area contributed by atoms with E-state index in [1.54, 1.807) is 0 Å². The van der Waals surface area contributed by atoms with E-state index >= 15 is 0 Å². The summed E-state index contributed by atoms with van der Waals surface area (Å²) < 4.78 is 26.0. The molecule has 0 fully saturated rings. The summed E-state index contributed by atoms with van der Waals surface area (Å²) in [5, 5.41) is 19.3. The van der Waals surface area contributed by atoms with Crippen molar-refractivity contribution >= 4 is 27.3 Å². The van der Waals surface area contributed by atoms with Gasteiger partial charge in [-0.3, -0.25) is 10.1 Å². The van der Waals surface area contributed by atoms with E-state index in [-0.39, 0.29) is 28.6 Å². The van der Waals surface area contributed by atoms with Crippen molar-refractivity contribution in [2.75, 3.05) is 6.54 Å². The average molecular weight is 309 g/mol. The van der Waals surface area contributed by atoms with Crippen LogP contribution in [-0.2, 0) is 10.0 Å². The van der Waals surface area contributed by atoms with Crippen molar-refractivity contribution in [2.24, 2.45) is 0 Å². The summed E-state index contributed by atoms with van der Waals surface area (Å²) in [5.41, 5.74) is -0.284. The minimum atomic E-state index is -3.84. The van der Waals surface area contributed by atoms with Crippen molar-refractivity contribution in [3.05, 3.63) is 33.3 Å². The van der Waals surface area contributed by atoms with Gasteiger partial charge >= 0.3 is 0 Å². The molecule has 1 aromatic carbocycles. The predicted octanol–water partition coefficient (Wildman–Crippen LogP) is 1.30. The van der Waals surface area contributed by atoms with Gasteiger partial charge in [0.15, 0.2) is 0 Å². The predicted molar refractivity (Wildman–Crippen MR) is 69.6 cm³/mol. The van der Waals surface area contributed by atoms with Gasteiger partial charge in [-0.1, -0.05) is 11.6 Å². The third kappa shape index (κ3) is 4.43. The second-order valence-corrected chi connectivity index (χ2v) is 6.05. The highest BCUT2D eigenvalue weighted by atomic mass is 35.5. The second kappa shape index (κ2) is 6.29. The number of sulfonamides is 1. The van der Waals surface area contributed by atoms with E-state index in [0.29, 0.717) is 0 Å². The molecule has 0 spiro atoms. The third-order valence-electron chi connectivity index (χ3n) is 2.27. The molecule has 2 N–H and O–H groups in total. The van der Waals surface area contributed by atoms with E-state index in [2.05, 4.69) is 4.72 Å². The molecule has 0 heterocycles. The third-order valence-corrected chi connectivity index (χ3v) is 4.21. The van der Waals surface area contributed by atoms with E-state index in [4.69, 9.17) is 16.7 Å². The first-order valence-electron chi connectivity index (χ1n) is 5.35. The van der Waals surface area contributed by atoms with Gasteiger partial charge in [0.25, 0.3) is 5.69 Å². The van der Waals surface area contributed by atoms with Crippen molar-refractivity contribution in [1.82, 2.24) is 4.72 Å². The Morgan fingerprint density at radius 2 is 2.16 bits per heavy atom. The van der Waals surface area contributed by atoms with Crippen molar-refractivity contribution in [2.45, 2.75) is 24.3 Å². The molecule has 1 aromatic rings. The highest BCUT2D eigenvalue weighted by Crippen LogP contribution is 2.25. The topological polar surface area (TPSA) is 110 Å². The van der Waals surface area contributed by atoms with Crippen LogP contribution in [0.2, 0.25) is 5.02 Å². The Bertz CT molecular complexity index is 573. The van der Waals surface area contributed by atoms with Gasteiger partial charge in [0.1, 0.15) is 4.90 Å². The lowest BCUT2D eigenvalue weighted by atomic mass is 10.3. The minimum absolute atomic E-state index is 0.0489. The van der Waals surface area contributed by atoms with Crippen LogP contribution in [0.25, 0.3) is 0 Å². The maximum Gasteiger partial charge on any atom is 0.271 e. The number of rotatable bonds is 6. The van der Waals surface area contributed by atoms with Gasteiger partial charge < -0.3 is 5.11 Å². The van der Waals surface area contributed by atoms with Crippen LogP contribution in [0.5, 0.6) is 0 Å². The quantitative estimate of drug-likeness (QED) is 0.608. The monoisotopic (exact) mass is 308 g/mol. The zero-order chi connectivity index (χ0) is 14.6. The molecule has 0 aromatic heterocycles. The number of halogens is 1. The summed E-state index contributed by atoms with van der Waals surface area (Å²) in [6.45, 7) is 1.58. The van der Waals surface area contributed by atoms with Crippen molar-refractivity contribution in [3.63, 3.8) is 0 Å². The Morgan fingerprint density at radius 1 is 1.53 bits per heavy atom. The molecule has 0 aliphatic heterocycles. The number of nitro groups is 1. The highest BCUT2D eigenvalue weighted by Gasteiger charge is 2.20. The molecule has 0 amide bonds. The SMILES string of the molecule is CC(O)CCNS(=O)(=O)c1ccc([N+](=O)[O-])cc1Cl. The fourth-order valence-electron chi connectivity index (χ4n) is 1.30. The van der Waals surface area contributed by atoms with E-state index < -0.39 is 21.1 Å². The number of nitrogens with zero attached hydrogens (tertiary/aromatic N) is 1. The van der Waals surface area contributed by atoms with Crippen LogP contribution < -0.4 is 4.72 Å². The number of aliphatic hydroxyl groups is 1. The molecular weight excluding hydrogens is 296 g/mol. The molecule has 106 valence electrons. The van der Waals surface area contributed by atoms with E-state index in [9.17, 15) is 18.5 Å². The Balaban J connectivity index is 2.93. The van der Waals surface area contributed by atoms with Crippen molar-refractivity contribution in [3.8, 4) is 0 Å². The number of benzene rings is 1. The average Bonchev–Trinajstić information content (AvgIpc) is 2.27. The first-order valence-corrected chi connectivity index (χ1v) is 7.22. The van der Waals surface area contributed by atoms with Gasteiger partial charge in [-0.25, -0.2) is 13.1 Å². The molecule has 0 aliphatic rings. The van der Waals surface area contributed by atoms with E-state index in [1.807, 2.05) is 0 Å². The molecule has 0 saturated carbocycles. The number of nitro benzene ring substituents is 1. The van der Waals surface area contributed by atoms with Gasteiger partial charge in [-0.15, -0.1) is 0 Å². The first-order chi connectivity index (χ1) is 8.74. The Hall–Kier alpha value is -1.22. The van der Waals surface area contributed by atoms with Gasteiger partial charge in [-0.2, -0.15) is 0 Å². The zero-order valence-corrected chi connectivity index (χ0v) is 11.6. The van der Waals surface area contributed by atoms with E-state index in [0.717, 1.165) is 18.2 Å². The highest BCUT2D eigenvalue weighted by molar-refractivity contribution is 7.89. The molecule has 0 radical (unpaired) electrons. The lowest BCUT2D eigenvalue weighted by Gasteiger charge is -2.09. The van der Waals surface area contributed by atoms with Crippen LogP contribution in [0.15, 0.2) is 23.1 Å². The molecule has 19 heavy (non-hydrogen) atoms. The number of hydrogen-bond donors (Lipinski definition) is 2. The number of aliphatic hydroxyl groups excluding tert-OH is 1. The molecule has 7 nitrogen and oxygen atoms in total. The Kier molecular flexibility index (Phi) is 5.24. The summed E-state index contributed by atoms with van der Waals surface area (Å²) >= 11 is 5.73. The van der Waals surface area contributed by atoms with Crippen LogP contribution in [-0.4, -0.2) is 31.1 Å². The van der Waals surface area contributed by atoms with Crippen molar-refractivity contribution in [1.29, 1.82) is 0 Å². The van der Waals surface area contributed by atoms with Gasteiger partial charge in [0.05, 0.1) is 16.0 Å². The Labute approximate surface area is 115 Å². The summed E-state index contributed by atoms with van der Waals surface area (Å²) in [5.74, 6) is 0. The van der Waals surface area contributed by atoms with Crippen LogP contribution in [0.1, 0.15) is 13.3 Å². The molecule has 1 rings (SSSR count).